The smallest absolute Gasteiger partial charge is 0.262 e. The molecule has 0 aliphatic carbocycles. The highest BCUT2D eigenvalue weighted by Gasteiger charge is 2.25. The predicted molar refractivity (Wildman–Crippen MR) is 127 cm³/mol. The molecule has 0 bridgehead atoms. The van der Waals surface area contributed by atoms with Crippen molar-refractivity contribution in [3.05, 3.63) is 83.1 Å². The molecular weight excluding hydrogens is 434 g/mol. The minimum absolute atomic E-state index is 0.0393. The zero-order valence-electron chi connectivity index (χ0n) is 18.8. The van der Waals surface area contributed by atoms with Crippen LogP contribution in [0.2, 0.25) is 0 Å². The fourth-order valence-electron chi connectivity index (χ4n) is 3.77. The lowest BCUT2D eigenvalue weighted by atomic mass is 10.1. The van der Waals surface area contributed by atoms with E-state index in [2.05, 4.69) is 5.32 Å². The van der Waals surface area contributed by atoms with Gasteiger partial charge in [0.15, 0.2) is 23.9 Å². The Morgan fingerprint density at radius 3 is 2.53 bits per heavy atom. The number of aryl methyl sites for hydroxylation is 2. The van der Waals surface area contributed by atoms with Crippen LogP contribution in [0.15, 0.2) is 65.1 Å². The Balaban J connectivity index is 1.41. The molecular formula is C27H23NO6. The van der Waals surface area contributed by atoms with Crippen LogP contribution in [-0.4, -0.2) is 31.5 Å². The Hall–Kier alpha value is -4.26. The van der Waals surface area contributed by atoms with Crippen molar-refractivity contribution in [3.8, 4) is 17.2 Å². The van der Waals surface area contributed by atoms with Crippen molar-refractivity contribution in [2.45, 2.75) is 13.8 Å². The van der Waals surface area contributed by atoms with Gasteiger partial charge in [-0.2, -0.15) is 0 Å². The number of anilines is 1. The summed E-state index contributed by atoms with van der Waals surface area (Å²) in [6.07, 6.45) is 0. The lowest BCUT2D eigenvalue weighted by molar-refractivity contribution is -0.118. The van der Waals surface area contributed by atoms with Crippen molar-refractivity contribution in [2.75, 3.05) is 25.1 Å². The summed E-state index contributed by atoms with van der Waals surface area (Å²) in [4.78, 5) is 26.1. The Morgan fingerprint density at radius 2 is 1.71 bits per heavy atom. The van der Waals surface area contributed by atoms with E-state index in [0.717, 1.165) is 11.1 Å². The van der Waals surface area contributed by atoms with Gasteiger partial charge in [-0.1, -0.05) is 18.2 Å². The second-order valence-electron chi connectivity index (χ2n) is 8.07. The summed E-state index contributed by atoms with van der Waals surface area (Å²) in [5.74, 6) is 0.949. The van der Waals surface area contributed by atoms with Gasteiger partial charge in [0, 0.05) is 10.9 Å². The van der Waals surface area contributed by atoms with Crippen LogP contribution >= 0.6 is 0 Å². The minimum atomic E-state index is -0.402. The van der Waals surface area contributed by atoms with Gasteiger partial charge in [0.2, 0.25) is 5.78 Å². The molecule has 3 aromatic carbocycles. The van der Waals surface area contributed by atoms with Crippen molar-refractivity contribution in [1.29, 1.82) is 0 Å². The van der Waals surface area contributed by atoms with Gasteiger partial charge < -0.3 is 23.9 Å². The predicted octanol–water partition coefficient (Wildman–Crippen LogP) is 5.07. The van der Waals surface area contributed by atoms with Gasteiger partial charge in [-0.3, -0.25) is 9.59 Å². The van der Waals surface area contributed by atoms with E-state index in [1.54, 1.807) is 36.4 Å². The van der Waals surface area contributed by atoms with E-state index in [1.807, 2.05) is 38.1 Å². The summed E-state index contributed by atoms with van der Waals surface area (Å²) >= 11 is 0. The third-order valence-corrected chi connectivity index (χ3v) is 5.72. The summed E-state index contributed by atoms with van der Waals surface area (Å²) in [7, 11) is 0. The number of benzene rings is 3. The number of furan rings is 1. The van der Waals surface area contributed by atoms with Crippen LogP contribution in [0.4, 0.5) is 5.69 Å². The maximum absolute atomic E-state index is 13.4. The third kappa shape index (κ3) is 4.20. The number of para-hydroxylation sites is 1. The molecule has 7 heteroatoms. The Morgan fingerprint density at radius 1 is 0.912 bits per heavy atom. The first-order chi connectivity index (χ1) is 16.5. The molecule has 1 aliphatic rings. The Kier molecular flexibility index (Phi) is 5.67. The van der Waals surface area contributed by atoms with Gasteiger partial charge in [-0.05, 0) is 67.4 Å². The molecule has 0 fully saturated rings. The second kappa shape index (κ2) is 8.94. The van der Waals surface area contributed by atoms with E-state index in [-0.39, 0.29) is 18.2 Å². The van der Waals surface area contributed by atoms with Crippen molar-refractivity contribution in [1.82, 2.24) is 0 Å². The number of hydrogen-bond donors (Lipinski definition) is 1. The summed E-state index contributed by atoms with van der Waals surface area (Å²) in [6.45, 7) is 4.66. The average molecular weight is 457 g/mol. The van der Waals surface area contributed by atoms with Gasteiger partial charge >= 0.3 is 0 Å². The summed E-state index contributed by atoms with van der Waals surface area (Å²) in [5, 5.41) is 3.44. The lowest BCUT2D eigenvalue weighted by Gasteiger charge is -2.18. The van der Waals surface area contributed by atoms with E-state index in [1.165, 1.54) is 0 Å². The van der Waals surface area contributed by atoms with Crippen molar-refractivity contribution >= 4 is 28.3 Å². The van der Waals surface area contributed by atoms with E-state index >= 15 is 0 Å². The minimum Gasteiger partial charge on any atom is -0.486 e. The first-order valence-electron chi connectivity index (χ1n) is 11.0. The fraction of sp³-hybridized carbons (Fsp3) is 0.185. The van der Waals surface area contributed by atoms with E-state index < -0.39 is 5.91 Å². The average Bonchev–Trinajstić information content (AvgIpc) is 3.22. The van der Waals surface area contributed by atoms with Gasteiger partial charge in [0.1, 0.15) is 24.5 Å². The maximum Gasteiger partial charge on any atom is 0.262 e. The molecule has 34 heavy (non-hydrogen) atoms. The summed E-state index contributed by atoms with van der Waals surface area (Å²) < 4.78 is 22.7. The highest BCUT2D eigenvalue weighted by molar-refractivity contribution is 6.17. The van der Waals surface area contributed by atoms with Gasteiger partial charge in [0.05, 0.1) is 5.69 Å². The van der Waals surface area contributed by atoms with Crippen LogP contribution < -0.4 is 19.5 Å². The summed E-state index contributed by atoms with van der Waals surface area (Å²) in [5.41, 5.74) is 3.39. The van der Waals surface area contributed by atoms with Gasteiger partial charge in [-0.25, -0.2) is 0 Å². The third-order valence-electron chi connectivity index (χ3n) is 5.72. The molecule has 4 aromatic rings. The quantitative estimate of drug-likeness (QED) is 0.407. The van der Waals surface area contributed by atoms with Gasteiger partial charge in [0.25, 0.3) is 5.91 Å². The molecule has 5 rings (SSSR count). The molecule has 0 atom stereocenters. The molecule has 1 N–H and O–H groups in total. The molecule has 0 radical (unpaired) electrons. The zero-order chi connectivity index (χ0) is 23.7. The first-order valence-corrected chi connectivity index (χ1v) is 11.0. The lowest BCUT2D eigenvalue weighted by Crippen LogP contribution is -2.21. The monoisotopic (exact) mass is 457 g/mol. The van der Waals surface area contributed by atoms with Crippen LogP contribution in [0.3, 0.4) is 0 Å². The molecule has 0 saturated heterocycles. The Labute approximate surface area is 196 Å². The second-order valence-corrected chi connectivity index (χ2v) is 8.07. The first kappa shape index (κ1) is 21.6. The molecule has 0 saturated carbocycles. The molecule has 0 spiro atoms. The largest absolute Gasteiger partial charge is 0.486 e. The van der Waals surface area contributed by atoms with Crippen LogP contribution in [0.1, 0.15) is 27.2 Å². The SMILES string of the molecule is Cc1ccc(OCC(=O)Nc2c(C(=O)c3ccc4c(c3)OCCO4)oc3ccccc23)cc1C. The Bertz CT molecular complexity index is 1400. The maximum atomic E-state index is 13.4. The van der Waals surface area contributed by atoms with Crippen molar-refractivity contribution in [3.63, 3.8) is 0 Å². The number of nitrogens with one attached hydrogen (secondary N) is 1. The molecule has 1 aromatic heterocycles. The molecule has 1 amide bonds. The van der Waals surface area contributed by atoms with Crippen LogP contribution in [0.5, 0.6) is 17.2 Å². The number of carbonyl (C=O) groups is 2. The van der Waals surface area contributed by atoms with Crippen LogP contribution in [0, 0.1) is 13.8 Å². The molecule has 1 aliphatic heterocycles. The molecule has 2 heterocycles. The number of ketones is 1. The number of carbonyl (C=O) groups excluding carboxylic acids is 2. The van der Waals surface area contributed by atoms with Gasteiger partial charge in [-0.15, -0.1) is 0 Å². The standard InChI is InChI=1S/C27H23NO6/c1-16-7-9-19(13-17(16)2)33-15-24(29)28-25-20-5-3-4-6-21(20)34-27(25)26(30)18-8-10-22-23(14-18)32-12-11-31-22/h3-10,13-14H,11-12,15H2,1-2H3,(H,28,29). The number of fused-ring (bicyclic) bond motifs is 2. The van der Waals surface area contributed by atoms with Crippen molar-refractivity contribution < 1.29 is 28.2 Å². The highest BCUT2D eigenvalue weighted by atomic mass is 16.6. The zero-order valence-corrected chi connectivity index (χ0v) is 18.8. The fourth-order valence-corrected chi connectivity index (χ4v) is 3.77. The highest BCUT2D eigenvalue weighted by Crippen LogP contribution is 2.35. The molecule has 7 nitrogen and oxygen atoms in total. The molecule has 0 unspecified atom stereocenters. The number of amides is 1. The number of hydrogen-bond acceptors (Lipinski definition) is 6. The molecule has 172 valence electrons. The van der Waals surface area contributed by atoms with E-state index in [4.69, 9.17) is 18.6 Å². The van der Waals surface area contributed by atoms with E-state index in [9.17, 15) is 9.59 Å². The van der Waals surface area contributed by atoms with E-state index in [0.29, 0.717) is 52.7 Å². The van der Waals surface area contributed by atoms with Crippen LogP contribution in [-0.2, 0) is 4.79 Å². The topological polar surface area (TPSA) is 87.0 Å². The van der Waals surface area contributed by atoms with Crippen molar-refractivity contribution in [2.24, 2.45) is 0 Å². The normalized spacial score (nSPS) is 12.4. The number of ether oxygens (including phenoxy) is 3. The van der Waals surface area contributed by atoms with Crippen LogP contribution in [0.25, 0.3) is 11.0 Å². The summed E-state index contributed by atoms with van der Waals surface area (Å²) in [6, 6.07) is 17.8. The number of rotatable bonds is 6.